The van der Waals surface area contributed by atoms with Crippen LogP contribution >= 0.6 is 39.5 Å². The monoisotopic (exact) mass is 600 g/mol. The Bertz CT molecular complexity index is 1240. The molecular weight excluding hydrogens is 577 g/mol. The molecule has 1 aliphatic carbocycles. The molecule has 0 amide bonds. The summed E-state index contributed by atoms with van der Waals surface area (Å²) in [6.45, 7) is 0.744. The van der Waals surface area contributed by atoms with Crippen molar-refractivity contribution in [1.29, 1.82) is 0 Å². The summed E-state index contributed by atoms with van der Waals surface area (Å²) in [5, 5.41) is 10.8. The van der Waals surface area contributed by atoms with Crippen LogP contribution in [0.15, 0.2) is 40.9 Å². The topological polar surface area (TPSA) is 68.2 Å². The predicted octanol–water partition coefficient (Wildman–Crippen LogP) is 6.36. The molecule has 2 N–H and O–H groups in total. The van der Waals surface area contributed by atoms with E-state index in [1.54, 1.807) is 6.07 Å². The average Bonchev–Trinajstić information content (AvgIpc) is 3.50. The summed E-state index contributed by atoms with van der Waals surface area (Å²) in [7, 11) is 1.32. The summed E-state index contributed by atoms with van der Waals surface area (Å²) >= 11 is 9.92. The highest BCUT2D eigenvalue weighted by atomic mass is 79.9. The first-order valence-corrected chi connectivity index (χ1v) is 13.3. The minimum atomic E-state index is -4.51. The SMILES string of the molecule is COC(=O)c1cc(Cc2ccccc2)sc1NC(=S)NCCCn1nc(C(F)(F)F)c(Br)c1C1CC1. The second kappa shape index (κ2) is 11.3. The molecule has 0 atom stereocenters. The van der Waals surface area contributed by atoms with Crippen LogP contribution in [-0.4, -0.2) is 34.5 Å². The molecule has 0 radical (unpaired) electrons. The van der Waals surface area contributed by atoms with E-state index in [-0.39, 0.29) is 10.4 Å². The highest BCUT2D eigenvalue weighted by molar-refractivity contribution is 9.10. The molecule has 0 unspecified atom stereocenters. The van der Waals surface area contributed by atoms with Crippen molar-refractivity contribution in [1.82, 2.24) is 15.1 Å². The van der Waals surface area contributed by atoms with Crippen LogP contribution in [0.25, 0.3) is 0 Å². The highest BCUT2D eigenvalue weighted by Gasteiger charge is 2.41. The number of methoxy groups -OCH3 is 1. The van der Waals surface area contributed by atoms with Crippen molar-refractivity contribution < 1.29 is 22.7 Å². The van der Waals surface area contributed by atoms with E-state index >= 15 is 0 Å². The summed E-state index contributed by atoms with van der Waals surface area (Å²) < 4.78 is 46.3. The summed E-state index contributed by atoms with van der Waals surface area (Å²) in [6.07, 6.45) is -1.59. The zero-order valence-electron chi connectivity index (χ0n) is 19.3. The van der Waals surface area contributed by atoms with Crippen LogP contribution in [0.1, 0.15) is 57.4 Å². The molecule has 3 aromatic rings. The number of hydrogen-bond acceptors (Lipinski definition) is 5. The molecule has 2 aromatic heterocycles. The lowest BCUT2D eigenvalue weighted by Gasteiger charge is -2.11. The second-order valence-electron chi connectivity index (χ2n) is 8.39. The van der Waals surface area contributed by atoms with Crippen LogP contribution < -0.4 is 10.6 Å². The summed E-state index contributed by atoms with van der Waals surface area (Å²) in [4.78, 5) is 13.3. The summed E-state index contributed by atoms with van der Waals surface area (Å²) in [6, 6.07) is 11.7. The number of anilines is 1. The molecule has 0 bridgehead atoms. The van der Waals surface area contributed by atoms with Crippen molar-refractivity contribution in [2.45, 2.75) is 44.3 Å². The number of halogens is 4. The summed E-state index contributed by atoms with van der Waals surface area (Å²) in [5.74, 6) is -0.354. The predicted molar refractivity (Wildman–Crippen MR) is 141 cm³/mol. The first-order chi connectivity index (χ1) is 17.2. The van der Waals surface area contributed by atoms with Crippen LogP contribution in [-0.2, 0) is 23.9 Å². The standard InChI is InChI=1S/C24H24BrF3N4O2S2/c1-34-22(33)17-13-16(12-14-6-3-2-4-7-14)36-21(17)30-23(35)29-10-5-11-32-19(15-8-9-15)18(25)20(31-32)24(26,27)28/h2-4,6-7,13,15H,5,8-12H2,1H3,(H2,29,30,35). The number of rotatable bonds is 9. The highest BCUT2D eigenvalue weighted by Crippen LogP contribution is 2.47. The van der Waals surface area contributed by atoms with Gasteiger partial charge in [0.25, 0.3) is 0 Å². The third-order valence-electron chi connectivity index (χ3n) is 5.63. The van der Waals surface area contributed by atoms with Gasteiger partial charge in [-0.1, -0.05) is 30.3 Å². The molecule has 1 aromatic carbocycles. The van der Waals surface area contributed by atoms with Crippen molar-refractivity contribution >= 4 is 55.6 Å². The number of nitrogens with zero attached hydrogens (tertiary/aromatic N) is 2. The number of hydrogen-bond donors (Lipinski definition) is 2. The van der Waals surface area contributed by atoms with Gasteiger partial charge >= 0.3 is 12.1 Å². The lowest BCUT2D eigenvalue weighted by Crippen LogP contribution is -2.30. The molecule has 1 saturated carbocycles. The Hall–Kier alpha value is -2.44. The largest absolute Gasteiger partial charge is 0.465 e. The van der Waals surface area contributed by atoms with E-state index < -0.39 is 17.8 Å². The number of thiophene rings is 1. The van der Waals surface area contributed by atoms with Crippen LogP contribution in [0.3, 0.4) is 0 Å². The van der Waals surface area contributed by atoms with E-state index in [0.717, 1.165) is 23.3 Å². The van der Waals surface area contributed by atoms with Gasteiger partial charge in [-0.25, -0.2) is 4.79 Å². The van der Waals surface area contributed by atoms with Gasteiger partial charge in [0.2, 0.25) is 0 Å². The van der Waals surface area contributed by atoms with Gasteiger partial charge in [0.1, 0.15) is 5.00 Å². The van der Waals surface area contributed by atoms with Crippen molar-refractivity contribution in [3.05, 3.63) is 68.3 Å². The summed E-state index contributed by atoms with van der Waals surface area (Å²) in [5.41, 5.74) is 1.24. The molecule has 0 spiro atoms. The molecule has 0 saturated heterocycles. The van der Waals surface area contributed by atoms with Gasteiger partial charge in [-0.2, -0.15) is 18.3 Å². The Morgan fingerprint density at radius 2 is 2.03 bits per heavy atom. The second-order valence-corrected chi connectivity index (χ2v) is 10.7. The van der Waals surface area contributed by atoms with Crippen molar-refractivity contribution in [2.75, 3.05) is 19.0 Å². The number of ether oxygens (including phenoxy) is 1. The molecule has 192 valence electrons. The lowest BCUT2D eigenvalue weighted by molar-refractivity contribution is -0.142. The normalized spacial score (nSPS) is 13.5. The number of benzene rings is 1. The third-order valence-corrected chi connectivity index (χ3v) is 7.71. The van der Waals surface area contributed by atoms with E-state index in [1.807, 2.05) is 30.3 Å². The smallest absolute Gasteiger partial charge is 0.436 e. The Morgan fingerprint density at radius 3 is 2.67 bits per heavy atom. The number of aromatic nitrogens is 2. The van der Waals surface area contributed by atoms with Gasteiger partial charge < -0.3 is 15.4 Å². The minimum absolute atomic E-state index is 0.0435. The van der Waals surface area contributed by atoms with Gasteiger partial charge in [-0.05, 0) is 59.0 Å². The molecule has 2 heterocycles. The number of alkyl halides is 3. The molecule has 1 aliphatic rings. The zero-order valence-corrected chi connectivity index (χ0v) is 22.5. The van der Waals surface area contributed by atoms with Gasteiger partial charge in [-0.3, -0.25) is 4.68 Å². The quantitative estimate of drug-likeness (QED) is 0.169. The van der Waals surface area contributed by atoms with E-state index in [9.17, 15) is 18.0 Å². The fourth-order valence-corrected chi connectivity index (χ4v) is 5.99. The molecule has 0 aliphatic heterocycles. The van der Waals surface area contributed by atoms with Crippen LogP contribution in [0.2, 0.25) is 0 Å². The van der Waals surface area contributed by atoms with Gasteiger partial charge in [-0.15, -0.1) is 11.3 Å². The lowest BCUT2D eigenvalue weighted by atomic mass is 10.1. The van der Waals surface area contributed by atoms with Gasteiger partial charge in [0.15, 0.2) is 10.8 Å². The first kappa shape index (κ1) is 26.6. The third kappa shape index (κ3) is 6.46. The Morgan fingerprint density at radius 1 is 1.31 bits per heavy atom. The molecule has 4 rings (SSSR count). The fraction of sp³-hybridized carbons (Fsp3) is 0.375. The van der Waals surface area contributed by atoms with Crippen molar-refractivity contribution in [3.8, 4) is 0 Å². The van der Waals surface area contributed by atoms with E-state index in [4.69, 9.17) is 17.0 Å². The average molecular weight is 602 g/mol. The fourth-order valence-electron chi connectivity index (χ4n) is 3.81. The molecular formula is C24H24BrF3N4O2S2. The number of thiocarbonyl (C=S) groups is 1. The number of carbonyl (C=O) groups excluding carboxylic acids is 1. The number of nitrogens with one attached hydrogen (secondary N) is 2. The van der Waals surface area contributed by atoms with Crippen molar-refractivity contribution in [3.63, 3.8) is 0 Å². The van der Waals surface area contributed by atoms with Crippen LogP contribution in [0.5, 0.6) is 0 Å². The Balaban J connectivity index is 1.35. The number of carbonyl (C=O) groups is 1. The van der Waals surface area contributed by atoms with E-state index in [1.165, 1.54) is 23.1 Å². The van der Waals surface area contributed by atoms with E-state index in [0.29, 0.717) is 47.3 Å². The van der Waals surface area contributed by atoms with Crippen LogP contribution in [0.4, 0.5) is 18.2 Å². The zero-order chi connectivity index (χ0) is 25.9. The Kier molecular flexibility index (Phi) is 8.36. The molecule has 1 fully saturated rings. The van der Waals surface area contributed by atoms with E-state index in [2.05, 4.69) is 31.7 Å². The maximum atomic E-state index is 13.3. The van der Waals surface area contributed by atoms with Gasteiger partial charge in [0, 0.05) is 30.3 Å². The van der Waals surface area contributed by atoms with Gasteiger partial charge in [0.05, 0.1) is 22.8 Å². The number of aryl methyl sites for hydroxylation is 1. The molecule has 36 heavy (non-hydrogen) atoms. The Labute approximate surface area is 224 Å². The molecule has 12 heteroatoms. The van der Waals surface area contributed by atoms with Crippen molar-refractivity contribution in [2.24, 2.45) is 0 Å². The maximum absolute atomic E-state index is 13.3. The maximum Gasteiger partial charge on any atom is 0.436 e. The minimum Gasteiger partial charge on any atom is -0.465 e. The number of esters is 1. The first-order valence-electron chi connectivity index (χ1n) is 11.3. The molecule has 6 nitrogen and oxygen atoms in total. The van der Waals surface area contributed by atoms with Crippen LogP contribution in [0, 0.1) is 0 Å².